The number of phenolic OH excluding ortho intramolecular Hbond substituents is 1. The van der Waals surface area contributed by atoms with Crippen LogP contribution in [0.4, 0.5) is 0 Å². The van der Waals surface area contributed by atoms with E-state index in [1.165, 1.54) is 6.07 Å². The van der Waals surface area contributed by atoms with Crippen molar-refractivity contribution in [3.8, 4) is 17.1 Å². The van der Waals surface area contributed by atoms with Crippen LogP contribution in [-0.4, -0.2) is 15.1 Å². The van der Waals surface area contributed by atoms with Crippen molar-refractivity contribution in [3.63, 3.8) is 0 Å². The van der Waals surface area contributed by atoms with Gasteiger partial charge in [-0.2, -0.15) is 0 Å². The van der Waals surface area contributed by atoms with Crippen LogP contribution in [0.15, 0.2) is 41.2 Å². The number of para-hydroxylation sites is 1. The lowest BCUT2D eigenvalue weighted by atomic mass is 10.2. The van der Waals surface area contributed by atoms with Crippen LogP contribution >= 0.6 is 23.2 Å². The minimum absolute atomic E-state index is 0.0278. The van der Waals surface area contributed by atoms with E-state index in [0.29, 0.717) is 22.3 Å². The van der Waals surface area contributed by atoms with Gasteiger partial charge < -0.3 is 10.1 Å². The summed E-state index contributed by atoms with van der Waals surface area (Å²) in [6.07, 6.45) is 0. The van der Waals surface area contributed by atoms with Gasteiger partial charge >= 0.3 is 0 Å². The lowest BCUT2D eigenvalue weighted by molar-refractivity contribution is 0.475. The van der Waals surface area contributed by atoms with Gasteiger partial charge in [-0.3, -0.25) is 4.79 Å². The molecule has 0 fully saturated rings. The Morgan fingerprint density at radius 1 is 1.05 bits per heavy atom. The highest BCUT2D eigenvalue weighted by molar-refractivity contribution is 6.44. The fraction of sp³-hybridized carbons (Fsp3) is 0. The number of aromatic hydroxyl groups is 1. The number of phenols is 1. The molecule has 1 aromatic heterocycles. The molecule has 0 aliphatic heterocycles. The van der Waals surface area contributed by atoms with Gasteiger partial charge in [0.05, 0.1) is 15.9 Å². The first-order valence-electron chi connectivity index (χ1n) is 5.74. The lowest BCUT2D eigenvalue weighted by Crippen LogP contribution is -2.09. The predicted molar refractivity (Wildman–Crippen MR) is 79.5 cm³/mol. The van der Waals surface area contributed by atoms with Crippen molar-refractivity contribution in [1.82, 2.24) is 9.97 Å². The topological polar surface area (TPSA) is 66.0 Å². The highest BCUT2D eigenvalue weighted by Gasteiger charge is 2.13. The summed E-state index contributed by atoms with van der Waals surface area (Å²) in [6, 6.07) is 9.95. The molecule has 0 spiro atoms. The summed E-state index contributed by atoms with van der Waals surface area (Å²) < 4.78 is 0. The van der Waals surface area contributed by atoms with E-state index in [-0.39, 0.29) is 21.4 Å². The summed E-state index contributed by atoms with van der Waals surface area (Å²) in [5.41, 5.74) is 0.759. The lowest BCUT2D eigenvalue weighted by Gasteiger charge is -2.07. The molecule has 0 unspecified atom stereocenters. The molecule has 0 saturated carbocycles. The van der Waals surface area contributed by atoms with Crippen molar-refractivity contribution >= 4 is 34.1 Å². The third-order valence-corrected chi connectivity index (χ3v) is 3.80. The number of fused-ring (bicyclic) bond motifs is 1. The Morgan fingerprint density at radius 3 is 2.60 bits per heavy atom. The SMILES string of the molecule is O=c1[nH]c(-c2ccc(O)c(Cl)c2Cl)nc2ccccc12. The zero-order valence-electron chi connectivity index (χ0n) is 10.0. The Kier molecular flexibility index (Phi) is 3.12. The monoisotopic (exact) mass is 306 g/mol. The Hall–Kier alpha value is -2.04. The molecule has 20 heavy (non-hydrogen) atoms. The van der Waals surface area contributed by atoms with Crippen LogP contribution < -0.4 is 5.56 Å². The maximum Gasteiger partial charge on any atom is 0.259 e. The molecule has 0 atom stereocenters. The van der Waals surface area contributed by atoms with Gasteiger partial charge in [-0.1, -0.05) is 35.3 Å². The number of nitrogens with one attached hydrogen (secondary N) is 1. The fourth-order valence-corrected chi connectivity index (χ4v) is 2.35. The molecule has 0 radical (unpaired) electrons. The first-order valence-corrected chi connectivity index (χ1v) is 6.50. The van der Waals surface area contributed by atoms with Crippen LogP contribution in [0, 0.1) is 0 Å². The average molecular weight is 307 g/mol. The smallest absolute Gasteiger partial charge is 0.259 e. The van der Waals surface area contributed by atoms with Crippen LogP contribution in [0.2, 0.25) is 10.0 Å². The Bertz CT molecular complexity index is 875. The standard InChI is InChI=1S/C14H8Cl2N2O2/c15-11-8(5-6-10(19)12(11)16)13-17-9-4-2-1-3-7(9)14(20)18-13/h1-6,19H,(H,17,18,20). The number of benzene rings is 2. The molecule has 3 rings (SSSR count). The van der Waals surface area contributed by atoms with Crippen molar-refractivity contribution in [2.24, 2.45) is 0 Å². The summed E-state index contributed by atoms with van der Waals surface area (Å²) in [6.45, 7) is 0. The third-order valence-electron chi connectivity index (χ3n) is 2.93. The normalized spacial score (nSPS) is 10.9. The summed E-state index contributed by atoms with van der Waals surface area (Å²) >= 11 is 12.0. The average Bonchev–Trinajstić information content (AvgIpc) is 2.45. The minimum atomic E-state index is -0.258. The van der Waals surface area contributed by atoms with Crippen LogP contribution in [0.3, 0.4) is 0 Å². The van der Waals surface area contributed by atoms with E-state index in [9.17, 15) is 9.90 Å². The third kappa shape index (κ3) is 2.03. The molecule has 0 saturated heterocycles. The fourth-order valence-electron chi connectivity index (χ4n) is 1.94. The maximum absolute atomic E-state index is 12.0. The second-order valence-corrected chi connectivity index (χ2v) is 4.95. The van der Waals surface area contributed by atoms with Crippen molar-refractivity contribution < 1.29 is 5.11 Å². The molecule has 100 valence electrons. The largest absolute Gasteiger partial charge is 0.506 e. The van der Waals surface area contributed by atoms with Gasteiger partial charge in [0.25, 0.3) is 5.56 Å². The molecule has 2 aromatic carbocycles. The van der Waals surface area contributed by atoms with Gasteiger partial charge in [0, 0.05) is 5.56 Å². The number of halogens is 2. The number of H-pyrrole nitrogens is 1. The Morgan fingerprint density at radius 2 is 1.80 bits per heavy atom. The van der Waals surface area contributed by atoms with Gasteiger partial charge in [0.2, 0.25) is 0 Å². The van der Waals surface area contributed by atoms with Crippen molar-refractivity contribution in [2.75, 3.05) is 0 Å². The van der Waals surface area contributed by atoms with E-state index in [0.717, 1.165) is 0 Å². The van der Waals surface area contributed by atoms with Gasteiger partial charge in [-0.25, -0.2) is 4.98 Å². The van der Waals surface area contributed by atoms with E-state index in [2.05, 4.69) is 9.97 Å². The molecule has 0 bridgehead atoms. The molecule has 2 N–H and O–H groups in total. The zero-order valence-corrected chi connectivity index (χ0v) is 11.5. The predicted octanol–water partition coefficient (Wildman–Crippen LogP) is 3.60. The molecule has 0 aliphatic rings. The van der Waals surface area contributed by atoms with Gasteiger partial charge in [-0.15, -0.1) is 0 Å². The number of aromatic amines is 1. The number of hydrogen-bond acceptors (Lipinski definition) is 3. The highest BCUT2D eigenvalue weighted by atomic mass is 35.5. The molecule has 3 aromatic rings. The van der Waals surface area contributed by atoms with E-state index in [1.54, 1.807) is 30.3 Å². The van der Waals surface area contributed by atoms with E-state index >= 15 is 0 Å². The van der Waals surface area contributed by atoms with Crippen LogP contribution in [0.5, 0.6) is 5.75 Å². The van der Waals surface area contributed by atoms with Gasteiger partial charge in [0.15, 0.2) is 0 Å². The molecule has 6 heteroatoms. The van der Waals surface area contributed by atoms with Crippen molar-refractivity contribution in [3.05, 3.63) is 56.8 Å². The van der Waals surface area contributed by atoms with Crippen LogP contribution in [0.1, 0.15) is 0 Å². The second-order valence-electron chi connectivity index (χ2n) is 4.19. The van der Waals surface area contributed by atoms with Crippen LogP contribution in [-0.2, 0) is 0 Å². The minimum Gasteiger partial charge on any atom is -0.506 e. The summed E-state index contributed by atoms with van der Waals surface area (Å²) in [5, 5.41) is 10.2. The van der Waals surface area contributed by atoms with Gasteiger partial charge in [0.1, 0.15) is 16.6 Å². The summed E-state index contributed by atoms with van der Waals surface area (Å²) in [5.74, 6) is 0.184. The number of aromatic nitrogens is 2. The number of nitrogens with zero attached hydrogens (tertiary/aromatic N) is 1. The van der Waals surface area contributed by atoms with E-state index in [4.69, 9.17) is 23.2 Å². The Labute approximate surface area is 123 Å². The summed E-state index contributed by atoms with van der Waals surface area (Å²) in [4.78, 5) is 19.0. The highest BCUT2D eigenvalue weighted by Crippen LogP contribution is 2.37. The second kappa shape index (κ2) is 4.81. The molecule has 1 heterocycles. The molecule has 4 nitrogen and oxygen atoms in total. The quantitative estimate of drug-likeness (QED) is 0.722. The van der Waals surface area contributed by atoms with E-state index < -0.39 is 0 Å². The van der Waals surface area contributed by atoms with E-state index in [1.807, 2.05) is 0 Å². The van der Waals surface area contributed by atoms with Crippen molar-refractivity contribution in [1.29, 1.82) is 0 Å². The van der Waals surface area contributed by atoms with Crippen molar-refractivity contribution in [2.45, 2.75) is 0 Å². The number of rotatable bonds is 1. The molecule has 0 amide bonds. The maximum atomic E-state index is 12.0. The van der Waals surface area contributed by atoms with Gasteiger partial charge in [-0.05, 0) is 24.3 Å². The number of hydrogen-bond donors (Lipinski definition) is 2. The summed E-state index contributed by atoms with van der Waals surface area (Å²) in [7, 11) is 0. The molecule has 0 aliphatic carbocycles. The Balaban J connectivity index is 2.31. The van der Waals surface area contributed by atoms with Crippen LogP contribution in [0.25, 0.3) is 22.3 Å². The zero-order chi connectivity index (χ0) is 14.3. The molecular formula is C14H8Cl2N2O2. The molecular weight excluding hydrogens is 299 g/mol. The first-order chi connectivity index (χ1) is 9.58. The first kappa shape index (κ1) is 13.0.